The maximum absolute atomic E-state index is 13.2. The van der Waals surface area contributed by atoms with E-state index in [1.807, 2.05) is 6.07 Å². The van der Waals surface area contributed by atoms with Crippen LogP contribution in [0.1, 0.15) is 25.0 Å². The van der Waals surface area contributed by atoms with Gasteiger partial charge < -0.3 is 15.1 Å². The average molecular weight is 423 g/mol. The lowest BCUT2D eigenvalue weighted by atomic mass is 9.83. The molecule has 2 aromatic rings. The molecule has 31 heavy (non-hydrogen) atoms. The molecule has 2 aliphatic rings. The zero-order valence-electron chi connectivity index (χ0n) is 18.4. The summed E-state index contributed by atoms with van der Waals surface area (Å²) in [4.78, 5) is 28.7. The van der Waals surface area contributed by atoms with Gasteiger partial charge in [0.15, 0.2) is 0 Å². The van der Waals surface area contributed by atoms with E-state index in [9.17, 15) is 14.9 Å². The van der Waals surface area contributed by atoms with Crippen LogP contribution < -0.4 is 15.1 Å². The molecule has 7 heteroatoms. The number of piperazine rings is 1. The normalized spacial score (nSPS) is 20.3. The third-order valence-electron chi connectivity index (χ3n) is 6.33. The fourth-order valence-electron chi connectivity index (χ4n) is 4.65. The minimum absolute atomic E-state index is 0.0242. The molecule has 0 saturated carbocycles. The van der Waals surface area contributed by atoms with E-state index in [2.05, 4.69) is 60.2 Å². The van der Waals surface area contributed by atoms with Crippen LogP contribution in [0.2, 0.25) is 0 Å². The SMILES string of the molecule is Cc1ccc(N2CCN3c4ccc([N+](=O)[O-])cc4C[C@@H](C(=O)NCC(C)C)[C@H]3C2)cc1. The van der Waals surface area contributed by atoms with Crippen LogP contribution in [0.15, 0.2) is 42.5 Å². The van der Waals surface area contributed by atoms with Gasteiger partial charge in [0, 0.05) is 49.7 Å². The molecule has 2 aliphatic heterocycles. The number of aryl methyl sites for hydroxylation is 1. The van der Waals surface area contributed by atoms with E-state index in [-0.39, 0.29) is 28.5 Å². The first-order valence-corrected chi connectivity index (χ1v) is 11.0. The molecular weight excluding hydrogens is 392 g/mol. The molecule has 1 amide bonds. The highest BCUT2D eigenvalue weighted by Crippen LogP contribution is 2.38. The van der Waals surface area contributed by atoms with Gasteiger partial charge in [-0.3, -0.25) is 14.9 Å². The second kappa shape index (κ2) is 8.57. The standard InChI is InChI=1S/C24H30N4O3/c1-16(2)14-25-24(29)21-13-18-12-20(28(30)31)8-9-22(18)27-11-10-26(15-23(21)27)19-6-4-17(3)5-7-19/h4-9,12,16,21,23H,10-11,13-15H2,1-3H3,(H,25,29)/t21-,23-/m1/s1. The van der Waals surface area contributed by atoms with Crippen LogP contribution in [-0.4, -0.2) is 43.1 Å². The Morgan fingerprint density at radius 1 is 1.19 bits per heavy atom. The fourth-order valence-corrected chi connectivity index (χ4v) is 4.65. The maximum atomic E-state index is 13.2. The number of amides is 1. The Morgan fingerprint density at radius 2 is 1.94 bits per heavy atom. The van der Waals surface area contributed by atoms with Crippen molar-refractivity contribution in [3.63, 3.8) is 0 Å². The summed E-state index contributed by atoms with van der Waals surface area (Å²) in [6.07, 6.45) is 0.518. The molecule has 1 fully saturated rings. The van der Waals surface area contributed by atoms with Gasteiger partial charge in [-0.25, -0.2) is 0 Å². The lowest BCUT2D eigenvalue weighted by molar-refractivity contribution is -0.384. The van der Waals surface area contributed by atoms with Gasteiger partial charge in [-0.15, -0.1) is 0 Å². The first kappa shape index (κ1) is 21.2. The molecule has 7 nitrogen and oxygen atoms in total. The van der Waals surface area contributed by atoms with Crippen molar-refractivity contribution in [1.29, 1.82) is 0 Å². The minimum Gasteiger partial charge on any atom is -0.368 e. The summed E-state index contributed by atoms with van der Waals surface area (Å²) >= 11 is 0. The molecule has 164 valence electrons. The fraction of sp³-hybridized carbons (Fsp3) is 0.458. The third kappa shape index (κ3) is 4.36. The Hall–Kier alpha value is -3.09. The predicted molar refractivity (Wildman–Crippen MR) is 123 cm³/mol. The summed E-state index contributed by atoms with van der Waals surface area (Å²) in [6, 6.07) is 13.6. The third-order valence-corrected chi connectivity index (χ3v) is 6.33. The number of nitrogens with one attached hydrogen (secondary N) is 1. The molecular formula is C24H30N4O3. The van der Waals surface area contributed by atoms with Crippen LogP contribution in [0.5, 0.6) is 0 Å². The average Bonchev–Trinajstić information content (AvgIpc) is 2.76. The topological polar surface area (TPSA) is 78.7 Å². The highest BCUT2D eigenvalue weighted by atomic mass is 16.6. The highest BCUT2D eigenvalue weighted by molar-refractivity contribution is 5.82. The number of carbonyl (C=O) groups excluding carboxylic acids is 1. The number of nitro benzene ring substituents is 1. The number of rotatable bonds is 5. The number of nitro groups is 1. The molecule has 2 atom stereocenters. The maximum Gasteiger partial charge on any atom is 0.269 e. The van der Waals surface area contributed by atoms with E-state index in [0.29, 0.717) is 18.9 Å². The second-order valence-corrected chi connectivity index (χ2v) is 9.06. The summed E-state index contributed by atoms with van der Waals surface area (Å²) in [5.41, 5.74) is 4.38. The van der Waals surface area contributed by atoms with Crippen molar-refractivity contribution in [2.45, 2.75) is 33.2 Å². The van der Waals surface area contributed by atoms with Crippen LogP contribution in [0.4, 0.5) is 17.1 Å². The van der Waals surface area contributed by atoms with E-state index in [4.69, 9.17) is 0 Å². The van der Waals surface area contributed by atoms with Gasteiger partial charge in [0.05, 0.1) is 16.9 Å². The van der Waals surface area contributed by atoms with E-state index >= 15 is 0 Å². The van der Waals surface area contributed by atoms with E-state index in [1.54, 1.807) is 12.1 Å². The number of fused-ring (bicyclic) bond motifs is 3. The summed E-state index contributed by atoms with van der Waals surface area (Å²) in [6.45, 7) is 9.23. The number of nitrogens with zero attached hydrogens (tertiary/aromatic N) is 3. The quantitative estimate of drug-likeness (QED) is 0.589. The molecule has 2 aromatic carbocycles. The van der Waals surface area contributed by atoms with Crippen LogP contribution in [0.25, 0.3) is 0 Å². The Bertz CT molecular complexity index is 973. The van der Waals surface area contributed by atoms with Crippen LogP contribution in [0, 0.1) is 28.9 Å². The van der Waals surface area contributed by atoms with Crippen LogP contribution >= 0.6 is 0 Å². The van der Waals surface area contributed by atoms with Gasteiger partial charge in [-0.2, -0.15) is 0 Å². The predicted octanol–water partition coefficient (Wildman–Crippen LogP) is 3.54. The number of hydrogen-bond acceptors (Lipinski definition) is 5. The van der Waals surface area contributed by atoms with Crippen molar-refractivity contribution in [3.05, 3.63) is 63.7 Å². The monoisotopic (exact) mass is 422 g/mol. The summed E-state index contributed by atoms with van der Waals surface area (Å²) in [5.74, 6) is 0.153. The van der Waals surface area contributed by atoms with Crippen molar-refractivity contribution in [2.24, 2.45) is 11.8 Å². The number of anilines is 2. The Morgan fingerprint density at radius 3 is 2.61 bits per heavy atom. The molecule has 1 N–H and O–H groups in total. The molecule has 2 heterocycles. The van der Waals surface area contributed by atoms with Crippen LogP contribution in [-0.2, 0) is 11.2 Å². The van der Waals surface area contributed by atoms with Crippen LogP contribution in [0.3, 0.4) is 0 Å². The number of benzene rings is 2. The van der Waals surface area contributed by atoms with Gasteiger partial charge in [0.2, 0.25) is 5.91 Å². The van der Waals surface area contributed by atoms with E-state index in [1.165, 1.54) is 11.3 Å². The molecule has 0 unspecified atom stereocenters. The largest absolute Gasteiger partial charge is 0.368 e. The molecule has 1 saturated heterocycles. The lowest BCUT2D eigenvalue weighted by Gasteiger charge is -2.49. The van der Waals surface area contributed by atoms with Crippen molar-refractivity contribution >= 4 is 23.0 Å². The smallest absolute Gasteiger partial charge is 0.269 e. The van der Waals surface area contributed by atoms with Crippen molar-refractivity contribution < 1.29 is 9.72 Å². The van der Waals surface area contributed by atoms with Gasteiger partial charge in [-0.05, 0) is 43.0 Å². The Balaban J connectivity index is 1.65. The summed E-state index contributed by atoms with van der Waals surface area (Å²) in [7, 11) is 0. The molecule has 0 spiro atoms. The number of hydrogen-bond donors (Lipinski definition) is 1. The van der Waals surface area contributed by atoms with Gasteiger partial charge in [-0.1, -0.05) is 31.5 Å². The second-order valence-electron chi connectivity index (χ2n) is 9.06. The summed E-state index contributed by atoms with van der Waals surface area (Å²) in [5, 5.41) is 14.4. The number of non-ortho nitro benzene ring substituents is 1. The highest BCUT2D eigenvalue weighted by Gasteiger charge is 2.42. The molecule has 0 aliphatic carbocycles. The Labute approximate surface area is 183 Å². The van der Waals surface area contributed by atoms with Crippen molar-refractivity contribution in [2.75, 3.05) is 36.0 Å². The molecule has 0 radical (unpaired) electrons. The summed E-state index contributed by atoms with van der Waals surface area (Å²) < 4.78 is 0. The van der Waals surface area contributed by atoms with E-state index < -0.39 is 0 Å². The van der Waals surface area contributed by atoms with E-state index in [0.717, 1.165) is 30.9 Å². The zero-order chi connectivity index (χ0) is 22.1. The van der Waals surface area contributed by atoms with Gasteiger partial charge in [0.1, 0.15) is 0 Å². The van der Waals surface area contributed by atoms with Crippen molar-refractivity contribution in [1.82, 2.24) is 5.32 Å². The lowest BCUT2D eigenvalue weighted by Crippen LogP contribution is -2.61. The van der Waals surface area contributed by atoms with Gasteiger partial charge in [0.25, 0.3) is 5.69 Å². The molecule has 0 aromatic heterocycles. The molecule has 0 bridgehead atoms. The Kier molecular flexibility index (Phi) is 5.85. The first-order valence-electron chi connectivity index (χ1n) is 11.0. The number of carbonyl (C=O) groups is 1. The van der Waals surface area contributed by atoms with Crippen molar-refractivity contribution in [3.8, 4) is 0 Å². The zero-order valence-corrected chi connectivity index (χ0v) is 18.4. The van der Waals surface area contributed by atoms with Gasteiger partial charge >= 0.3 is 0 Å². The molecule has 4 rings (SSSR count). The minimum atomic E-state index is -0.366. The first-order chi connectivity index (χ1) is 14.8.